The van der Waals surface area contributed by atoms with Gasteiger partial charge in [-0.25, -0.2) is 0 Å². The Hall–Kier alpha value is -4.01. The lowest BCUT2D eigenvalue weighted by atomic mass is 9.74. The Balaban J connectivity index is 1.52. The van der Waals surface area contributed by atoms with Crippen molar-refractivity contribution in [1.82, 2.24) is 0 Å². The minimum atomic E-state index is -0.00368. The van der Waals surface area contributed by atoms with Crippen molar-refractivity contribution in [3.05, 3.63) is 125 Å². The van der Waals surface area contributed by atoms with Gasteiger partial charge in [0.2, 0.25) is 0 Å². The molecule has 3 heteroatoms. The van der Waals surface area contributed by atoms with Gasteiger partial charge in [0.1, 0.15) is 11.2 Å². The van der Waals surface area contributed by atoms with Gasteiger partial charge in [-0.05, 0) is 83.6 Å². The number of nitrogens with zero attached hydrogens (tertiary/aromatic N) is 1. The van der Waals surface area contributed by atoms with Gasteiger partial charge in [-0.3, -0.25) is 0 Å². The number of fused-ring (bicyclic) bond motifs is 6. The molecule has 1 aliphatic carbocycles. The zero-order valence-corrected chi connectivity index (χ0v) is 22.3. The highest BCUT2D eigenvalue weighted by Crippen LogP contribution is 2.54. The lowest BCUT2D eigenvalue weighted by Crippen LogP contribution is -2.23. The number of anilines is 3. The molecule has 1 aromatic heterocycles. The monoisotopic (exact) mass is 513 g/mol. The summed E-state index contributed by atoms with van der Waals surface area (Å²) in [6.07, 6.45) is 2.10. The minimum Gasteiger partial charge on any atom is -0.456 e. The summed E-state index contributed by atoms with van der Waals surface area (Å²) >= 11 is 6.56. The topological polar surface area (TPSA) is 16.4 Å². The van der Waals surface area contributed by atoms with Gasteiger partial charge in [-0.1, -0.05) is 86.1 Å². The van der Waals surface area contributed by atoms with Crippen LogP contribution in [-0.4, -0.2) is 0 Å². The van der Waals surface area contributed by atoms with Gasteiger partial charge >= 0.3 is 0 Å². The van der Waals surface area contributed by atoms with Crippen LogP contribution in [0.4, 0.5) is 17.1 Å². The fraction of sp³-hybridized carbons (Fsp3) is 0.143. The first kappa shape index (κ1) is 23.1. The smallest absolute Gasteiger partial charge is 0.137 e. The second-order valence-corrected chi connectivity index (χ2v) is 10.6. The van der Waals surface area contributed by atoms with Crippen molar-refractivity contribution >= 4 is 50.6 Å². The van der Waals surface area contributed by atoms with Gasteiger partial charge in [0.05, 0.1) is 11.1 Å². The molecule has 0 bridgehead atoms. The minimum absolute atomic E-state index is 0.00368. The van der Waals surface area contributed by atoms with E-state index in [-0.39, 0.29) is 5.41 Å². The van der Waals surface area contributed by atoms with Gasteiger partial charge in [0.25, 0.3) is 0 Å². The molecule has 0 radical (unpaired) electrons. The standard InChI is InChI=1S/C35H28ClNO/c1-3-35(4-2)29-15-7-5-13-26(29)27-20-19-25(22-30(27)35)37(24-12-9-11-23(36)21-24)31-16-10-18-33-34(31)28-14-6-8-17-32(28)38-33/h5-22H,3-4H2,1-2H3. The van der Waals surface area contributed by atoms with E-state index < -0.39 is 0 Å². The molecule has 0 atom stereocenters. The first-order valence-corrected chi connectivity index (χ1v) is 13.7. The van der Waals surface area contributed by atoms with E-state index in [9.17, 15) is 0 Å². The number of rotatable bonds is 5. The van der Waals surface area contributed by atoms with Gasteiger partial charge in [-0.15, -0.1) is 0 Å². The Morgan fingerprint density at radius 3 is 2.21 bits per heavy atom. The van der Waals surface area contributed by atoms with E-state index in [1.165, 1.54) is 22.3 Å². The average molecular weight is 514 g/mol. The zero-order chi connectivity index (χ0) is 25.9. The number of benzene rings is 5. The lowest BCUT2D eigenvalue weighted by molar-refractivity contribution is 0.490. The van der Waals surface area contributed by atoms with Crippen LogP contribution in [0.15, 0.2) is 114 Å². The normalized spacial score (nSPS) is 13.6. The molecule has 1 heterocycles. The maximum atomic E-state index is 6.56. The van der Waals surface area contributed by atoms with E-state index in [1.807, 2.05) is 36.4 Å². The molecule has 2 nitrogen and oxygen atoms in total. The molecule has 0 spiro atoms. The maximum absolute atomic E-state index is 6.56. The zero-order valence-electron chi connectivity index (χ0n) is 21.5. The first-order chi connectivity index (χ1) is 18.6. The molecule has 0 aliphatic heterocycles. The predicted octanol–water partition coefficient (Wildman–Crippen LogP) is 10.8. The summed E-state index contributed by atoms with van der Waals surface area (Å²) in [5, 5.41) is 2.92. The highest BCUT2D eigenvalue weighted by molar-refractivity contribution is 6.31. The van der Waals surface area contributed by atoms with E-state index in [1.54, 1.807) is 0 Å². The van der Waals surface area contributed by atoms with Crippen molar-refractivity contribution in [2.24, 2.45) is 0 Å². The second kappa shape index (κ2) is 8.79. The quantitative estimate of drug-likeness (QED) is 0.228. The van der Waals surface area contributed by atoms with Crippen LogP contribution in [0.25, 0.3) is 33.1 Å². The molecule has 186 valence electrons. The van der Waals surface area contributed by atoms with Crippen LogP contribution in [0.3, 0.4) is 0 Å². The largest absolute Gasteiger partial charge is 0.456 e. The van der Waals surface area contributed by atoms with E-state index in [2.05, 4.69) is 91.5 Å². The molecule has 0 fully saturated rings. The van der Waals surface area contributed by atoms with Crippen LogP contribution < -0.4 is 4.90 Å². The Morgan fingerprint density at radius 1 is 0.658 bits per heavy atom. The van der Waals surface area contributed by atoms with Crippen LogP contribution >= 0.6 is 11.6 Å². The Bertz CT molecular complexity index is 1830. The van der Waals surface area contributed by atoms with Crippen molar-refractivity contribution < 1.29 is 4.42 Å². The summed E-state index contributed by atoms with van der Waals surface area (Å²) < 4.78 is 6.27. The van der Waals surface area contributed by atoms with Crippen molar-refractivity contribution in [2.45, 2.75) is 32.1 Å². The van der Waals surface area contributed by atoms with Crippen molar-refractivity contribution in [2.75, 3.05) is 4.90 Å². The summed E-state index contributed by atoms with van der Waals surface area (Å²) in [6.45, 7) is 4.63. The summed E-state index contributed by atoms with van der Waals surface area (Å²) in [5.74, 6) is 0. The van der Waals surface area contributed by atoms with Crippen LogP contribution in [0.2, 0.25) is 5.02 Å². The fourth-order valence-electron chi connectivity index (χ4n) is 6.58. The van der Waals surface area contributed by atoms with E-state index >= 15 is 0 Å². The lowest BCUT2D eigenvalue weighted by Gasteiger charge is -2.32. The van der Waals surface area contributed by atoms with Crippen molar-refractivity contribution in [1.29, 1.82) is 0 Å². The van der Waals surface area contributed by atoms with Crippen molar-refractivity contribution in [3.8, 4) is 11.1 Å². The third kappa shape index (κ3) is 3.27. The van der Waals surface area contributed by atoms with Crippen LogP contribution in [-0.2, 0) is 5.41 Å². The van der Waals surface area contributed by atoms with Crippen molar-refractivity contribution in [3.63, 3.8) is 0 Å². The number of hydrogen-bond acceptors (Lipinski definition) is 2. The number of halogens is 1. The Kier molecular flexibility index (Phi) is 5.35. The first-order valence-electron chi connectivity index (χ1n) is 13.3. The molecule has 0 saturated carbocycles. The molecule has 0 amide bonds. The third-order valence-corrected chi connectivity index (χ3v) is 8.64. The SMILES string of the molecule is CCC1(CC)c2ccccc2-c2ccc(N(c3cccc(Cl)c3)c3cccc4oc5ccccc5c34)cc21. The molecular formula is C35H28ClNO. The predicted molar refractivity (Wildman–Crippen MR) is 160 cm³/mol. The van der Waals surface area contributed by atoms with E-state index in [0.29, 0.717) is 5.02 Å². The number of para-hydroxylation sites is 1. The molecule has 5 aromatic carbocycles. The summed E-state index contributed by atoms with van der Waals surface area (Å²) in [4.78, 5) is 2.33. The average Bonchev–Trinajstić information content (AvgIpc) is 3.47. The summed E-state index contributed by atoms with van der Waals surface area (Å²) in [6, 6.07) is 38.6. The van der Waals surface area contributed by atoms with Gasteiger partial charge in [0.15, 0.2) is 0 Å². The number of furan rings is 1. The van der Waals surface area contributed by atoms with E-state index in [4.69, 9.17) is 16.0 Å². The second-order valence-electron chi connectivity index (χ2n) is 10.1. The molecule has 1 aliphatic rings. The molecule has 6 aromatic rings. The molecule has 0 N–H and O–H groups in total. The molecule has 0 saturated heterocycles. The van der Waals surface area contributed by atoms with Crippen LogP contribution in [0.1, 0.15) is 37.8 Å². The van der Waals surface area contributed by atoms with Crippen LogP contribution in [0.5, 0.6) is 0 Å². The maximum Gasteiger partial charge on any atom is 0.137 e. The van der Waals surface area contributed by atoms with Crippen LogP contribution in [0, 0.1) is 0 Å². The highest BCUT2D eigenvalue weighted by atomic mass is 35.5. The molecule has 38 heavy (non-hydrogen) atoms. The Morgan fingerprint density at radius 2 is 1.37 bits per heavy atom. The fourth-order valence-corrected chi connectivity index (χ4v) is 6.76. The Labute approximate surface area is 228 Å². The molecule has 7 rings (SSSR count). The summed E-state index contributed by atoms with van der Waals surface area (Å²) in [7, 11) is 0. The highest BCUT2D eigenvalue weighted by Gasteiger charge is 2.40. The van der Waals surface area contributed by atoms with E-state index in [0.717, 1.165) is 51.8 Å². The summed E-state index contributed by atoms with van der Waals surface area (Å²) in [5.41, 5.74) is 10.5. The van der Waals surface area contributed by atoms with Gasteiger partial charge < -0.3 is 9.32 Å². The molecular weight excluding hydrogens is 486 g/mol. The van der Waals surface area contributed by atoms with Gasteiger partial charge in [-0.2, -0.15) is 0 Å². The molecule has 0 unspecified atom stereocenters. The third-order valence-electron chi connectivity index (χ3n) is 8.40. The number of hydrogen-bond donors (Lipinski definition) is 0. The van der Waals surface area contributed by atoms with Gasteiger partial charge in [0, 0.05) is 27.2 Å².